The molecular weight excluding hydrogens is 150 g/mol. The number of nitrogens with one attached hydrogen (secondary N) is 1. The minimum Gasteiger partial charge on any atom is -0.307 e. The van der Waals surface area contributed by atoms with Gasteiger partial charge >= 0.3 is 0 Å². The van der Waals surface area contributed by atoms with Crippen LogP contribution in [0.4, 0.5) is 0 Å². The summed E-state index contributed by atoms with van der Waals surface area (Å²) in [7, 11) is 0. The lowest BCUT2D eigenvalue weighted by atomic mass is 10.0. The van der Waals surface area contributed by atoms with E-state index in [9.17, 15) is 4.79 Å². The third kappa shape index (κ3) is 2.18. The zero-order valence-electron chi connectivity index (χ0n) is 7.89. The highest BCUT2D eigenvalue weighted by Gasteiger charge is 2.22. The first-order valence-electron chi connectivity index (χ1n) is 4.70. The average molecular weight is 167 g/mol. The van der Waals surface area contributed by atoms with Gasteiger partial charge in [0, 0.05) is 0 Å². The Morgan fingerprint density at radius 2 is 2.42 bits per heavy atom. The van der Waals surface area contributed by atoms with Crippen molar-refractivity contribution in [3.8, 4) is 0 Å². The molecule has 2 heteroatoms. The van der Waals surface area contributed by atoms with E-state index in [0.29, 0.717) is 0 Å². The molecule has 1 heterocycles. The Hall–Kier alpha value is -0.630. The minimum atomic E-state index is 0.104. The molecule has 0 bridgehead atoms. The second kappa shape index (κ2) is 4.41. The monoisotopic (exact) mass is 167 g/mol. The van der Waals surface area contributed by atoms with Crippen molar-refractivity contribution in [2.24, 2.45) is 0 Å². The first-order chi connectivity index (χ1) is 5.75. The molecule has 1 unspecified atom stereocenters. The second-order valence-corrected chi connectivity index (χ2v) is 3.31. The van der Waals surface area contributed by atoms with Crippen LogP contribution in [0.25, 0.3) is 0 Å². The highest BCUT2D eigenvalue weighted by Crippen LogP contribution is 2.10. The Kier molecular flexibility index (Phi) is 3.48. The molecule has 1 atom stereocenters. The van der Waals surface area contributed by atoms with Crippen LogP contribution in [0.15, 0.2) is 11.6 Å². The molecule has 0 aromatic carbocycles. The zero-order chi connectivity index (χ0) is 8.97. The highest BCUT2D eigenvalue weighted by molar-refractivity contribution is 5.99. The van der Waals surface area contributed by atoms with Crippen molar-refractivity contribution in [2.75, 3.05) is 6.54 Å². The predicted molar refractivity (Wildman–Crippen MR) is 50.1 cm³/mol. The third-order valence-electron chi connectivity index (χ3n) is 2.28. The largest absolute Gasteiger partial charge is 0.307 e. The number of allylic oxidation sites excluding steroid dienone is 1. The summed E-state index contributed by atoms with van der Waals surface area (Å²) < 4.78 is 0. The maximum atomic E-state index is 11.6. The number of hydrogen-bond donors (Lipinski definition) is 1. The van der Waals surface area contributed by atoms with Crippen molar-refractivity contribution >= 4 is 5.78 Å². The Bertz CT molecular complexity index is 190. The number of hydrogen-bond acceptors (Lipinski definition) is 2. The summed E-state index contributed by atoms with van der Waals surface area (Å²) in [5.74, 6) is 0.286. The molecule has 0 aromatic rings. The lowest BCUT2D eigenvalue weighted by Crippen LogP contribution is -2.31. The van der Waals surface area contributed by atoms with Gasteiger partial charge in [0.15, 0.2) is 5.78 Å². The molecule has 1 fully saturated rings. The van der Waals surface area contributed by atoms with Gasteiger partial charge in [-0.1, -0.05) is 13.0 Å². The van der Waals surface area contributed by atoms with E-state index in [1.54, 1.807) is 0 Å². The molecule has 68 valence electrons. The Morgan fingerprint density at radius 3 is 2.92 bits per heavy atom. The number of ketones is 1. The molecular formula is C10H17NO. The van der Waals surface area contributed by atoms with Crippen molar-refractivity contribution in [2.45, 2.75) is 39.2 Å². The fourth-order valence-corrected chi connectivity index (χ4v) is 1.59. The minimum absolute atomic E-state index is 0.104. The molecule has 1 rings (SSSR count). The fraction of sp³-hybridized carbons (Fsp3) is 0.700. The lowest BCUT2D eigenvalue weighted by Gasteiger charge is -2.08. The van der Waals surface area contributed by atoms with E-state index in [1.165, 1.54) is 0 Å². The van der Waals surface area contributed by atoms with E-state index in [-0.39, 0.29) is 11.8 Å². The van der Waals surface area contributed by atoms with Gasteiger partial charge in [-0.25, -0.2) is 0 Å². The van der Waals surface area contributed by atoms with E-state index >= 15 is 0 Å². The van der Waals surface area contributed by atoms with Crippen molar-refractivity contribution in [1.29, 1.82) is 0 Å². The number of carbonyl (C=O) groups excluding carboxylic acids is 1. The Morgan fingerprint density at radius 1 is 1.67 bits per heavy atom. The van der Waals surface area contributed by atoms with Gasteiger partial charge in [-0.05, 0) is 38.3 Å². The molecule has 0 aromatic heterocycles. The van der Waals surface area contributed by atoms with E-state index in [0.717, 1.165) is 31.4 Å². The van der Waals surface area contributed by atoms with Crippen molar-refractivity contribution in [3.05, 3.63) is 11.6 Å². The highest BCUT2D eigenvalue weighted by atomic mass is 16.1. The summed E-state index contributed by atoms with van der Waals surface area (Å²) in [6, 6.07) is 0.104. The molecule has 12 heavy (non-hydrogen) atoms. The van der Waals surface area contributed by atoms with E-state index in [1.807, 2.05) is 13.0 Å². The lowest BCUT2D eigenvalue weighted by molar-refractivity contribution is -0.117. The van der Waals surface area contributed by atoms with Gasteiger partial charge in [0.25, 0.3) is 0 Å². The van der Waals surface area contributed by atoms with Crippen LogP contribution in [0.1, 0.15) is 33.1 Å². The SMILES string of the molecule is CCC=C(C)C(=O)C1CCCN1. The number of rotatable bonds is 3. The Balaban J connectivity index is 2.51. The van der Waals surface area contributed by atoms with E-state index < -0.39 is 0 Å². The first-order valence-corrected chi connectivity index (χ1v) is 4.70. The predicted octanol–water partition coefficient (Wildman–Crippen LogP) is 1.66. The summed E-state index contributed by atoms with van der Waals surface area (Å²) >= 11 is 0. The molecule has 0 aliphatic carbocycles. The van der Waals surface area contributed by atoms with Gasteiger partial charge in [-0.15, -0.1) is 0 Å². The quantitative estimate of drug-likeness (QED) is 0.648. The molecule has 2 nitrogen and oxygen atoms in total. The van der Waals surface area contributed by atoms with Crippen LogP contribution in [-0.2, 0) is 4.79 Å². The van der Waals surface area contributed by atoms with Crippen molar-refractivity contribution < 1.29 is 4.79 Å². The van der Waals surface area contributed by atoms with Crippen LogP contribution in [0.5, 0.6) is 0 Å². The standard InChI is InChI=1S/C10H17NO/c1-3-5-8(2)10(12)9-6-4-7-11-9/h5,9,11H,3-4,6-7H2,1-2H3. The zero-order valence-corrected chi connectivity index (χ0v) is 7.89. The van der Waals surface area contributed by atoms with Crippen LogP contribution >= 0.6 is 0 Å². The van der Waals surface area contributed by atoms with Gasteiger partial charge < -0.3 is 5.32 Å². The van der Waals surface area contributed by atoms with Crippen LogP contribution in [0.3, 0.4) is 0 Å². The van der Waals surface area contributed by atoms with Gasteiger partial charge in [0.05, 0.1) is 6.04 Å². The molecule has 0 saturated carbocycles. The van der Waals surface area contributed by atoms with Gasteiger partial charge in [0.1, 0.15) is 0 Å². The first kappa shape index (κ1) is 9.46. The molecule has 1 aliphatic heterocycles. The molecule has 0 spiro atoms. The maximum Gasteiger partial charge on any atom is 0.175 e. The van der Waals surface area contributed by atoms with Crippen LogP contribution in [0, 0.1) is 0 Å². The summed E-state index contributed by atoms with van der Waals surface area (Å²) in [5.41, 5.74) is 0.914. The van der Waals surface area contributed by atoms with Gasteiger partial charge in [0.2, 0.25) is 0 Å². The van der Waals surface area contributed by atoms with Crippen LogP contribution < -0.4 is 5.32 Å². The number of carbonyl (C=O) groups is 1. The van der Waals surface area contributed by atoms with Gasteiger partial charge in [-0.2, -0.15) is 0 Å². The normalized spacial score (nSPS) is 24.5. The average Bonchev–Trinajstić information content (AvgIpc) is 2.55. The summed E-state index contributed by atoms with van der Waals surface area (Å²) in [5, 5.41) is 3.21. The Labute approximate surface area is 74.0 Å². The van der Waals surface area contributed by atoms with E-state index in [4.69, 9.17) is 0 Å². The summed E-state index contributed by atoms with van der Waals surface area (Å²) in [6.07, 6.45) is 5.09. The van der Waals surface area contributed by atoms with Crippen LogP contribution in [0.2, 0.25) is 0 Å². The second-order valence-electron chi connectivity index (χ2n) is 3.31. The molecule has 1 aliphatic rings. The third-order valence-corrected chi connectivity index (χ3v) is 2.28. The molecule has 1 N–H and O–H groups in total. The molecule has 1 saturated heterocycles. The molecule has 0 amide bonds. The maximum absolute atomic E-state index is 11.6. The smallest absolute Gasteiger partial charge is 0.175 e. The van der Waals surface area contributed by atoms with Crippen molar-refractivity contribution in [3.63, 3.8) is 0 Å². The van der Waals surface area contributed by atoms with Crippen LogP contribution in [-0.4, -0.2) is 18.4 Å². The van der Waals surface area contributed by atoms with Crippen molar-refractivity contribution in [1.82, 2.24) is 5.32 Å². The summed E-state index contributed by atoms with van der Waals surface area (Å²) in [6.45, 7) is 4.96. The topological polar surface area (TPSA) is 29.1 Å². The molecule has 0 radical (unpaired) electrons. The van der Waals surface area contributed by atoms with E-state index in [2.05, 4.69) is 12.2 Å². The summed E-state index contributed by atoms with van der Waals surface area (Å²) in [4.78, 5) is 11.6. The number of Topliss-reactive ketones (excluding diaryl/α,β-unsaturated/α-hetero) is 1. The van der Waals surface area contributed by atoms with Gasteiger partial charge in [-0.3, -0.25) is 4.79 Å². The fourth-order valence-electron chi connectivity index (χ4n) is 1.59.